The van der Waals surface area contributed by atoms with E-state index >= 15 is 0 Å². The monoisotopic (exact) mass is 451 g/mol. The number of halogens is 1. The number of benzene rings is 2. The van der Waals surface area contributed by atoms with Crippen LogP contribution in [0, 0.1) is 5.82 Å². The zero-order valence-electron chi connectivity index (χ0n) is 17.1. The number of nitrogens with zero attached hydrogens (tertiary/aromatic N) is 4. The Kier molecular flexibility index (Phi) is 7.22. The van der Waals surface area contributed by atoms with E-state index in [4.69, 9.17) is 0 Å². The molecule has 0 aliphatic heterocycles. The molecule has 0 aliphatic rings. The fourth-order valence-corrected chi connectivity index (χ4v) is 4.61. The van der Waals surface area contributed by atoms with Crippen molar-refractivity contribution in [3.05, 3.63) is 77.9 Å². The van der Waals surface area contributed by atoms with E-state index in [1.54, 1.807) is 30.1 Å². The van der Waals surface area contributed by atoms with Crippen LogP contribution in [0.4, 0.5) is 15.2 Å². The van der Waals surface area contributed by atoms with Crippen LogP contribution in [0.1, 0.15) is 31.0 Å². The smallest absolute Gasteiger partial charge is 0.210 e. The molecule has 31 heavy (non-hydrogen) atoms. The van der Waals surface area contributed by atoms with Gasteiger partial charge in [0.15, 0.2) is 10.2 Å². The molecule has 0 fully saturated rings. The summed E-state index contributed by atoms with van der Waals surface area (Å²) < 4.78 is 14.0. The zero-order chi connectivity index (χ0) is 21.5. The fraction of sp³-hybridized carbons (Fsp3) is 0.217. The van der Waals surface area contributed by atoms with Gasteiger partial charge in [0.2, 0.25) is 5.13 Å². The fourth-order valence-electron chi connectivity index (χ4n) is 2.93. The summed E-state index contributed by atoms with van der Waals surface area (Å²) in [7, 11) is 0. The van der Waals surface area contributed by atoms with Gasteiger partial charge in [0.05, 0.1) is 5.69 Å². The van der Waals surface area contributed by atoms with Crippen molar-refractivity contribution in [3.8, 4) is 11.4 Å². The molecule has 0 radical (unpaired) electrons. The van der Waals surface area contributed by atoms with Gasteiger partial charge in [-0.15, -0.1) is 10.2 Å². The molecule has 2 aromatic carbocycles. The Hall–Kier alpha value is -2.84. The summed E-state index contributed by atoms with van der Waals surface area (Å²) in [6, 6.07) is 16.5. The van der Waals surface area contributed by atoms with Crippen molar-refractivity contribution >= 4 is 33.9 Å². The van der Waals surface area contributed by atoms with Gasteiger partial charge in [-0.2, -0.15) is 0 Å². The number of aromatic nitrogens is 4. The number of thioether (sulfide) groups is 1. The highest BCUT2D eigenvalue weighted by molar-refractivity contribution is 8.00. The molecule has 8 heteroatoms. The molecule has 158 valence electrons. The molecule has 5 nitrogen and oxygen atoms in total. The van der Waals surface area contributed by atoms with Crippen molar-refractivity contribution in [2.24, 2.45) is 0 Å². The lowest BCUT2D eigenvalue weighted by Gasteiger charge is -2.04. The molecule has 0 bridgehead atoms. The largest absolute Gasteiger partial charge is 0.330 e. The third kappa shape index (κ3) is 6.08. The van der Waals surface area contributed by atoms with Gasteiger partial charge in [-0.25, -0.2) is 14.4 Å². The molecule has 0 unspecified atom stereocenters. The van der Waals surface area contributed by atoms with Gasteiger partial charge in [-0.05, 0) is 60.9 Å². The molecule has 4 aromatic rings. The molecule has 0 atom stereocenters. The van der Waals surface area contributed by atoms with Crippen LogP contribution < -0.4 is 5.32 Å². The maximum absolute atomic E-state index is 13.1. The lowest BCUT2D eigenvalue weighted by atomic mass is 10.1. The standard InChI is InChI=1S/C23H22FN5S2/c1-2-3-4-16-5-11-19(12-6-16)27-22-28-29-23(31-22)30-15-20-13-14-25-21(26-20)17-7-9-18(24)10-8-17/h5-14H,2-4,15H2,1H3,(H,27,28). The van der Waals surface area contributed by atoms with Crippen molar-refractivity contribution in [1.82, 2.24) is 20.2 Å². The molecule has 0 saturated heterocycles. The molecule has 1 N–H and O–H groups in total. The topological polar surface area (TPSA) is 63.6 Å². The maximum Gasteiger partial charge on any atom is 0.210 e. The van der Waals surface area contributed by atoms with Crippen LogP contribution in [-0.2, 0) is 12.2 Å². The number of anilines is 2. The van der Waals surface area contributed by atoms with E-state index in [0.717, 1.165) is 32.8 Å². The second-order valence-electron chi connectivity index (χ2n) is 6.97. The summed E-state index contributed by atoms with van der Waals surface area (Å²) in [6.45, 7) is 2.20. The number of rotatable bonds is 9. The van der Waals surface area contributed by atoms with Crippen molar-refractivity contribution in [2.45, 2.75) is 36.3 Å². The van der Waals surface area contributed by atoms with Gasteiger partial charge in [0, 0.05) is 23.2 Å². The third-order valence-corrected chi connectivity index (χ3v) is 6.60. The summed E-state index contributed by atoms with van der Waals surface area (Å²) in [5, 5.41) is 12.6. The summed E-state index contributed by atoms with van der Waals surface area (Å²) in [5.41, 5.74) is 4.03. The predicted molar refractivity (Wildman–Crippen MR) is 125 cm³/mol. The molecule has 2 aromatic heterocycles. The van der Waals surface area contributed by atoms with E-state index in [9.17, 15) is 4.39 Å². The Morgan fingerprint density at radius 1 is 1.00 bits per heavy atom. The van der Waals surface area contributed by atoms with Gasteiger partial charge in [-0.1, -0.05) is 48.6 Å². The van der Waals surface area contributed by atoms with Gasteiger partial charge >= 0.3 is 0 Å². The van der Waals surface area contributed by atoms with Crippen molar-refractivity contribution in [3.63, 3.8) is 0 Å². The van der Waals surface area contributed by atoms with Crippen molar-refractivity contribution < 1.29 is 4.39 Å². The zero-order valence-corrected chi connectivity index (χ0v) is 18.7. The molecule has 0 saturated carbocycles. The van der Waals surface area contributed by atoms with Crippen LogP contribution >= 0.6 is 23.1 Å². The van der Waals surface area contributed by atoms with Crippen molar-refractivity contribution in [1.29, 1.82) is 0 Å². The molecular formula is C23H22FN5S2. The number of aryl methyl sites for hydroxylation is 1. The van der Waals surface area contributed by atoms with Gasteiger partial charge in [-0.3, -0.25) is 0 Å². The van der Waals surface area contributed by atoms with E-state index in [-0.39, 0.29) is 5.82 Å². The van der Waals surface area contributed by atoms with Crippen LogP contribution in [0.25, 0.3) is 11.4 Å². The quantitative estimate of drug-likeness (QED) is 0.293. The lowest BCUT2D eigenvalue weighted by Crippen LogP contribution is -1.93. The molecule has 0 aliphatic carbocycles. The summed E-state index contributed by atoms with van der Waals surface area (Å²) >= 11 is 3.09. The van der Waals surface area contributed by atoms with E-state index < -0.39 is 0 Å². The van der Waals surface area contributed by atoms with Crippen LogP contribution in [-0.4, -0.2) is 20.2 Å². The molecule has 4 rings (SSSR count). The Morgan fingerprint density at radius 3 is 2.58 bits per heavy atom. The Bertz CT molecular complexity index is 1110. The molecule has 2 heterocycles. The van der Waals surface area contributed by atoms with Crippen LogP contribution in [0.3, 0.4) is 0 Å². The van der Waals surface area contributed by atoms with Crippen LogP contribution in [0.15, 0.2) is 65.1 Å². The first kappa shape index (κ1) is 21.4. The Morgan fingerprint density at radius 2 is 1.81 bits per heavy atom. The average molecular weight is 452 g/mol. The highest BCUT2D eigenvalue weighted by atomic mass is 32.2. The van der Waals surface area contributed by atoms with Gasteiger partial charge in [0.1, 0.15) is 5.82 Å². The summed E-state index contributed by atoms with van der Waals surface area (Å²) in [5.74, 6) is 0.959. The third-order valence-electron chi connectivity index (χ3n) is 4.59. The summed E-state index contributed by atoms with van der Waals surface area (Å²) in [6.07, 6.45) is 5.25. The second-order valence-corrected chi connectivity index (χ2v) is 9.17. The maximum atomic E-state index is 13.1. The first-order valence-electron chi connectivity index (χ1n) is 10.1. The van der Waals surface area contributed by atoms with E-state index in [1.807, 2.05) is 6.07 Å². The molecule has 0 spiro atoms. The highest BCUT2D eigenvalue weighted by Gasteiger charge is 2.08. The lowest BCUT2D eigenvalue weighted by molar-refractivity contribution is 0.628. The van der Waals surface area contributed by atoms with Gasteiger partial charge < -0.3 is 5.32 Å². The first-order chi connectivity index (χ1) is 15.2. The van der Waals surface area contributed by atoms with Crippen LogP contribution in [0.2, 0.25) is 0 Å². The minimum absolute atomic E-state index is 0.274. The average Bonchev–Trinajstić information content (AvgIpc) is 3.25. The highest BCUT2D eigenvalue weighted by Crippen LogP contribution is 2.30. The first-order valence-corrected chi connectivity index (χ1v) is 11.9. The van der Waals surface area contributed by atoms with E-state index in [2.05, 4.69) is 56.7 Å². The van der Waals surface area contributed by atoms with E-state index in [1.165, 1.54) is 41.9 Å². The van der Waals surface area contributed by atoms with E-state index in [0.29, 0.717) is 11.6 Å². The van der Waals surface area contributed by atoms with Crippen LogP contribution in [0.5, 0.6) is 0 Å². The molecule has 0 amide bonds. The number of unbranched alkanes of at least 4 members (excludes halogenated alkanes) is 1. The number of nitrogens with one attached hydrogen (secondary N) is 1. The van der Waals surface area contributed by atoms with Gasteiger partial charge in [0.25, 0.3) is 0 Å². The Balaban J connectivity index is 1.34. The molecular weight excluding hydrogens is 429 g/mol. The summed E-state index contributed by atoms with van der Waals surface area (Å²) in [4.78, 5) is 8.87. The minimum atomic E-state index is -0.274. The normalized spacial score (nSPS) is 10.9. The Labute approximate surface area is 189 Å². The minimum Gasteiger partial charge on any atom is -0.330 e. The second kappa shape index (κ2) is 10.5. The van der Waals surface area contributed by atoms with Crippen molar-refractivity contribution in [2.75, 3.05) is 5.32 Å². The SMILES string of the molecule is CCCCc1ccc(Nc2nnc(SCc3ccnc(-c4ccc(F)cc4)n3)s2)cc1. The predicted octanol–water partition coefficient (Wildman–Crippen LogP) is 6.51. The number of hydrogen-bond acceptors (Lipinski definition) is 7. The number of hydrogen-bond donors (Lipinski definition) is 1.